The number of rotatable bonds is 14. The van der Waals surface area contributed by atoms with E-state index in [1.807, 2.05) is 0 Å². The second-order valence-corrected chi connectivity index (χ2v) is 6.42. The number of ether oxygens (including phenoxy) is 1. The summed E-state index contributed by atoms with van der Waals surface area (Å²) in [6, 6.07) is 0. The standard InChI is InChI=1S/C14H26O9S/c1-2-3-4-5-6-7-8-9-10-22-14(18)12(11(15)13(16)17)23-24(19,20)21/h11-12,15H,2-10H2,1H3,(H,16,17)(H,19,20,21). The number of esters is 1. The lowest BCUT2D eigenvalue weighted by molar-refractivity contribution is -0.167. The van der Waals surface area contributed by atoms with Crippen LogP contribution in [0.3, 0.4) is 0 Å². The first kappa shape index (κ1) is 22.8. The Bertz CT molecular complexity index is 475. The molecule has 0 amide bonds. The lowest BCUT2D eigenvalue weighted by Gasteiger charge is -2.17. The number of unbranched alkanes of at least 4 members (excludes halogenated alkanes) is 7. The molecule has 0 radical (unpaired) electrons. The average Bonchev–Trinajstić information content (AvgIpc) is 2.49. The molecule has 0 saturated heterocycles. The summed E-state index contributed by atoms with van der Waals surface area (Å²) in [7, 11) is -5.12. The van der Waals surface area contributed by atoms with Crippen molar-refractivity contribution in [3.63, 3.8) is 0 Å². The number of hydrogen-bond donors (Lipinski definition) is 3. The van der Waals surface area contributed by atoms with E-state index in [4.69, 9.17) is 14.4 Å². The highest BCUT2D eigenvalue weighted by Crippen LogP contribution is 2.10. The third-order valence-corrected chi connectivity index (χ3v) is 3.69. The molecule has 0 saturated carbocycles. The van der Waals surface area contributed by atoms with E-state index in [0.717, 1.165) is 25.7 Å². The van der Waals surface area contributed by atoms with Crippen LogP contribution in [-0.4, -0.2) is 53.9 Å². The predicted octanol–water partition coefficient (Wildman–Crippen LogP) is 1.30. The molecule has 0 spiro atoms. The lowest BCUT2D eigenvalue weighted by Crippen LogP contribution is -2.44. The number of aliphatic hydroxyl groups excluding tert-OH is 1. The molecule has 142 valence electrons. The lowest BCUT2D eigenvalue weighted by atomic mass is 10.1. The van der Waals surface area contributed by atoms with E-state index in [9.17, 15) is 23.1 Å². The molecular weight excluding hydrogens is 344 g/mol. The summed E-state index contributed by atoms with van der Waals surface area (Å²) in [5.74, 6) is -3.25. The summed E-state index contributed by atoms with van der Waals surface area (Å²) in [6.07, 6.45) is 3.22. The van der Waals surface area contributed by atoms with E-state index in [-0.39, 0.29) is 6.61 Å². The maximum Gasteiger partial charge on any atom is 0.398 e. The van der Waals surface area contributed by atoms with Gasteiger partial charge in [0.2, 0.25) is 6.10 Å². The van der Waals surface area contributed by atoms with Crippen LogP contribution in [0.25, 0.3) is 0 Å². The van der Waals surface area contributed by atoms with E-state index in [0.29, 0.717) is 6.42 Å². The third kappa shape index (κ3) is 11.3. The van der Waals surface area contributed by atoms with Crippen LogP contribution in [0.5, 0.6) is 0 Å². The maximum atomic E-state index is 11.6. The molecule has 2 unspecified atom stereocenters. The summed E-state index contributed by atoms with van der Waals surface area (Å²) in [5.41, 5.74) is 0. The molecule has 0 aromatic heterocycles. The van der Waals surface area contributed by atoms with E-state index < -0.39 is 34.5 Å². The second-order valence-electron chi connectivity index (χ2n) is 5.37. The van der Waals surface area contributed by atoms with Crippen molar-refractivity contribution in [3.8, 4) is 0 Å². The van der Waals surface area contributed by atoms with Gasteiger partial charge in [-0.25, -0.2) is 13.8 Å². The summed E-state index contributed by atoms with van der Waals surface area (Å²) in [6.45, 7) is 2.07. The molecule has 0 rings (SSSR count). The number of carbonyl (C=O) groups excluding carboxylic acids is 1. The number of aliphatic hydroxyl groups is 1. The number of carboxylic acid groups (broad SMARTS) is 1. The highest BCUT2D eigenvalue weighted by Gasteiger charge is 2.38. The number of carboxylic acids is 1. The van der Waals surface area contributed by atoms with Crippen molar-refractivity contribution in [1.82, 2.24) is 0 Å². The van der Waals surface area contributed by atoms with Crippen LogP contribution in [0.1, 0.15) is 58.3 Å². The molecule has 0 aliphatic heterocycles. The fourth-order valence-electron chi connectivity index (χ4n) is 1.97. The summed E-state index contributed by atoms with van der Waals surface area (Å²) in [4.78, 5) is 22.3. The van der Waals surface area contributed by atoms with Gasteiger partial charge in [0.05, 0.1) is 6.61 Å². The third-order valence-electron chi connectivity index (χ3n) is 3.24. The molecule has 0 aromatic carbocycles. The zero-order valence-corrected chi connectivity index (χ0v) is 14.5. The molecule has 2 atom stereocenters. The predicted molar refractivity (Wildman–Crippen MR) is 83.6 cm³/mol. The Labute approximate surface area is 141 Å². The van der Waals surface area contributed by atoms with Gasteiger partial charge in [0, 0.05) is 0 Å². The highest BCUT2D eigenvalue weighted by atomic mass is 32.3. The van der Waals surface area contributed by atoms with Crippen molar-refractivity contribution in [2.24, 2.45) is 0 Å². The van der Waals surface area contributed by atoms with Gasteiger partial charge in [0.15, 0.2) is 6.10 Å². The molecule has 0 heterocycles. The topological polar surface area (TPSA) is 147 Å². The largest absolute Gasteiger partial charge is 0.479 e. The van der Waals surface area contributed by atoms with Gasteiger partial charge in [-0.3, -0.25) is 4.55 Å². The Morgan fingerprint density at radius 1 is 1.00 bits per heavy atom. The maximum absolute atomic E-state index is 11.6. The van der Waals surface area contributed by atoms with Crippen LogP contribution in [0.15, 0.2) is 0 Å². The highest BCUT2D eigenvalue weighted by molar-refractivity contribution is 7.80. The summed E-state index contributed by atoms with van der Waals surface area (Å²) < 4.78 is 38.4. The smallest absolute Gasteiger partial charge is 0.398 e. The van der Waals surface area contributed by atoms with Gasteiger partial charge < -0.3 is 14.9 Å². The van der Waals surface area contributed by atoms with Crippen molar-refractivity contribution >= 4 is 22.3 Å². The van der Waals surface area contributed by atoms with Crippen LogP contribution in [-0.2, 0) is 28.9 Å². The van der Waals surface area contributed by atoms with E-state index in [2.05, 4.69) is 11.1 Å². The normalized spacial score (nSPS) is 14.1. The fourth-order valence-corrected chi connectivity index (χ4v) is 2.42. The minimum atomic E-state index is -5.12. The van der Waals surface area contributed by atoms with Crippen molar-refractivity contribution < 1.29 is 41.7 Å². The molecule has 10 heteroatoms. The molecule has 0 aliphatic rings. The average molecular weight is 370 g/mol. The van der Waals surface area contributed by atoms with E-state index in [1.54, 1.807) is 0 Å². The first-order valence-corrected chi connectivity index (χ1v) is 9.28. The summed E-state index contributed by atoms with van der Waals surface area (Å²) >= 11 is 0. The van der Waals surface area contributed by atoms with Gasteiger partial charge in [-0.05, 0) is 6.42 Å². The number of aliphatic carboxylic acids is 1. The van der Waals surface area contributed by atoms with Crippen LogP contribution < -0.4 is 0 Å². The molecule has 24 heavy (non-hydrogen) atoms. The Hall–Kier alpha value is -1.23. The zero-order valence-electron chi connectivity index (χ0n) is 13.7. The number of hydrogen-bond acceptors (Lipinski definition) is 7. The Morgan fingerprint density at radius 3 is 1.96 bits per heavy atom. The van der Waals surface area contributed by atoms with Crippen molar-refractivity contribution in [1.29, 1.82) is 0 Å². The molecule has 0 fully saturated rings. The quantitative estimate of drug-likeness (QED) is 0.234. The molecular formula is C14H26O9S. The second kappa shape index (κ2) is 12.2. The van der Waals surface area contributed by atoms with Gasteiger partial charge in [0.25, 0.3) is 0 Å². The minimum absolute atomic E-state index is 0.0640. The molecule has 9 nitrogen and oxygen atoms in total. The van der Waals surface area contributed by atoms with Crippen LogP contribution >= 0.6 is 0 Å². The minimum Gasteiger partial charge on any atom is -0.479 e. The Kier molecular flexibility index (Phi) is 11.6. The zero-order chi connectivity index (χ0) is 18.6. The molecule has 0 aliphatic carbocycles. The van der Waals surface area contributed by atoms with Crippen LogP contribution in [0, 0.1) is 0 Å². The molecule has 3 N–H and O–H groups in total. The van der Waals surface area contributed by atoms with Crippen LogP contribution in [0.4, 0.5) is 0 Å². The van der Waals surface area contributed by atoms with Crippen molar-refractivity contribution in [2.45, 2.75) is 70.5 Å². The first-order valence-electron chi connectivity index (χ1n) is 7.92. The van der Waals surface area contributed by atoms with Gasteiger partial charge in [-0.15, -0.1) is 0 Å². The fraction of sp³-hybridized carbons (Fsp3) is 0.857. The Balaban J connectivity index is 4.13. The SMILES string of the molecule is CCCCCCCCCCOC(=O)C(OS(=O)(=O)O)C(O)C(=O)O. The van der Waals surface area contributed by atoms with Crippen molar-refractivity contribution in [3.05, 3.63) is 0 Å². The molecule has 0 aromatic rings. The van der Waals surface area contributed by atoms with Gasteiger partial charge >= 0.3 is 22.3 Å². The first-order chi connectivity index (χ1) is 11.2. The van der Waals surface area contributed by atoms with Gasteiger partial charge in [-0.1, -0.05) is 51.9 Å². The van der Waals surface area contributed by atoms with Crippen molar-refractivity contribution in [2.75, 3.05) is 6.61 Å². The molecule has 0 bridgehead atoms. The number of carbonyl (C=O) groups is 2. The van der Waals surface area contributed by atoms with Crippen LogP contribution in [0.2, 0.25) is 0 Å². The monoisotopic (exact) mass is 370 g/mol. The van der Waals surface area contributed by atoms with Gasteiger partial charge in [0.1, 0.15) is 0 Å². The summed E-state index contributed by atoms with van der Waals surface area (Å²) in [5, 5.41) is 17.9. The van der Waals surface area contributed by atoms with Gasteiger partial charge in [-0.2, -0.15) is 8.42 Å². The Morgan fingerprint density at radius 2 is 1.50 bits per heavy atom. The van der Waals surface area contributed by atoms with E-state index >= 15 is 0 Å². The van der Waals surface area contributed by atoms with E-state index in [1.165, 1.54) is 19.3 Å².